The van der Waals surface area contributed by atoms with Gasteiger partial charge >= 0.3 is 0 Å². The topological polar surface area (TPSA) is 77.2 Å². The maximum Gasteiger partial charge on any atom is 0.168 e. The number of methoxy groups -OCH3 is 1. The van der Waals surface area contributed by atoms with E-state index in [2.05, 4.69) is 23.5 Å². The minimum absolute atomic E-state index is 0. The smallest absolute Gasteiger partial charge is 0.168 e. The van der Waals surface area contributed by atoms with Gasteiger partial charge in [0, 0.05) is 38.6 Å². The maximum atomic E-state index is 10.6. The number of rotatable bonds is 4. The van der Waals surface area contributed by atoms with Gasteiger partial charge in [-0.25, -0.2) is 4.98 Å². The molecule has 1 fully saturated rings. The Hall–Kier alpha value is -0.358. The summed E-state index contributed by atoms with van der Waals surface area (Å²) in [7, 11) is 3.20. The van der Waals surface area contributed by atoms with Crippen LogP contribution in [0, 0.1) is 0 Å². The van der Waals surface area contributed by atoms with Crippen LogP contribution in [0.3, 0.4) is 0 Å². The van der Waals surface area contributed by atoms with Gasteiger partial charge in [-0.3, -0.25) is 9.74 Å². The van der Waals surface area contributed by atoms with Gasteiger partial charge in [-0.15, -0.1) is 0 Å². The van der Waals surface area contributed by atoms with Crippen LogP contribution in [0.15, 0.2) is 18.2 Å². The van der Waals surface area contributed by atoms with Gasteiger partial charge in [-0.05, 0) is 32.0 Å². The molecule has 5 nitrogen and oxygen atoms in total. The minimum Gasteiger partial charge on any atom is -0.669 e. The van der Waals surface area contributed by atoms with Gasteiger partial charge < -0.3 is 23.3 Å². The monoisotopic (exact) mass is 521 g/mol. The molecule has 1 heterocycles. The number of nitrogens with zero attached hydrogens (tertiary/aromatic N) is 1. The van der Waals surface area contributed by atoms with E-state index in [1.165, 1.54) is 7.05 Å². The number of hydrogen-bond acceptors (Lipinski definition) is 6. The first kappa shape index (κ1) is 30.5. The van der Waals surface area contributed by atoms with Crippen molar-refractivity contribution < 1.29 is 34.4 Å². The second-order valence-corrected chi connectivity index (χ2v) is 4.01. The standard InChI is InChI=1S/C11H13NO2.C2H6.CH5N.CH4.FHNS.Re/c1-14-8-11(5-6-11)10-4-2-3-9(7-13)12-10;2*1-2;;1-2-3;/h2-4,7H,5-6,8H2,1H3;1-2H3;2H2,1H3;1H4;2H;/q;;;;-1;. The van der Waals surface area contributed by atoms with Crippen molar-refractivity contribution >= 4 is 19.1 Å². The second-order valence-electron chi connectivity index (χ2n) is 3.86. The predicted molar refractivity (Wildman–Crippen MR) is 92.2 cm³/mol. The van der Waals surface area contributed by atoms with Gasteiger partial charge in [0.15, 0.2) is 6.29 Å². The molecule has 0 atom stereocenters. The van der Waals surface area contributed by atoms with Crippen LogP contribution in [-0.4, -0.2) is 32.0 Å². The van der Waals surface area contributed by atoms with Crippen molar-refractivity contribution in [3.8, 4) is 0 Å². The van der Waals surface area contributed by atoms with E-state index in [1.807, 2.05) is 26.0 Å². The largest absolute Gasteiger partial charge is 0.669 e. The van der Waals surface area contributed by atoms with Crippen molar-refractivity contribution in [1.82, 2.24) is 9.93 Å². The third-order valence-corrected chi connectivity index (χ3v) is 2.71. The summed E-state index contributed by atoms with van der Waals surface area (Å²) in [5.41, 5.74) is 6.09. The fourth-order valence-corrected chi connectivity index (χ4v) is 1.71. The predicted octanol–water partition coefficient (Wildman–Crippen LogP) is 2.73. The van der Waals surface area contributed by atoms with E-state index in [0.29, 0.717) is 12.3 Å². The number of nitrogens with one attached hydrogen (secondary N) is 1. The van der Waals surface area contributed by atoms with E-state index in [4.69, 9.17) is 4.74 Å². The van der Waals surface area contributed by atoms with Gasteiger partial charge in [-0.1, -0.05) is 27.3 Å². The molecule has 1 saturated carbocycles. The number of pyridine rings is 1. The maximum absolute atomic E-state index is 10.6. The van der Waals surface area contributed by atoms with Crippen LogP contribution in [0.2, 0.25) is 0 Å². The summed E-state index contributed by atoms with van der Waals surface area (Å²) in [6.45, 7) is 4.70. The van der Waals surface area contributed by atoms with Crippen LogP contribution >= 0.6 is 0 Å². The van der Waals surface area contributed by atoms with Crippen molar-refractivity contribution in [3.05, 3.63) is 29.6 Å². The summed E-state index contributed by atoms with van der Waals surface area (Å²) in [4.78, 5) is 15.7. The number of aromatic nitrogens is 1. The van der Waals surface area contributed by atoms with E-state index in [-0.39, 0.29) is 33.3 Å². The van der Waals surface area contributed by atoms with Crippen LogP contribution in [0.25, 0.3) is 0 Å². The Balaban J connectivity index is -0.000000177. The molecule has 0 bridgehead atoms. The number of carbonyl (C=O) groups is 1. The summed E-state index contributed by atoms with van der Waals surface area (Å²) in [6, 6.07) is 5.57. The van der Waals surface area contributed by atoms with Gasteiger partial charge in [0.25, 0.3) is 0 Å². The molecule has 3 N–H and O–H groups in total. The van der Waals surface area contributed by atoms with Crippen LogP contribution in [-0.2, 0) is 43.4 Å². The Bertz CT molecular complexity index is 383. The number of carbonyl (C=O) groups excluding carboxylic acids is 1. The first-order valence-corrected chi connectivity index (χ1v) is 7.10. The zero-order valence-electron chi connectivity index (χ0n) is 13.4. The van der Waals surface area contributed by atoms with Crippen molar-refractivity contribution in [2.45, 2.75) is 39.5 Å². The van der Waals surface area contributed by atoms with Crippen LogP contribution in [0.5, 0.6) is 0 Å². The molecule has 2 rings (SSSR count). The molecule has 8 heteroatoms. The molecule has 0 amide bonds. The Labute approximate surface area is 159 Å². The molecule has 0 aromatic carbocycles. The third kappa shape index (κ3) is 11.8. The molecule has 1 radical (unpaired) electrons. The second kappa shape index (κ2) is 19.7. The molecular weight excluding hydrogens is 491 g/mol. The number of nitrogens with two attached hydrogens (primary N) is 1. The molecule has 1 aliphatic carbocycles. The quantitative estimate of drug-likeness (QED) is 0.361. The zero-order valence-corrected chi connectivity index (χ0v) is 17.0. The Kier molecular flexibility index (Phi) is 26.1. The molecule has 1 aliphatic rings. The van der Waals surface area contributed by atoms with Gasteiger partial charge in [0.1, 0.15) is 5.69 Å². The van der Waals surface area contributed by atoms with Crippen molar-refractivity contribution in [2.24, 2.45) is 5.73 Å². The summed E-state index contributed by atoms with van der Waals surface area (Å²) in [6.07, 6.45) is 3.00. The molecule has 0 aliphatic heterocycles. The van der Waals surface area contributed by atoms with Gasteiger partial charge in [-0.2, -0.15) is 4.48 Å². The molecule has 137 valence electrons. The fourth-order valence-electron chi connectivity index (χ4n) is 1.71. The fraction of sp³-hybridized carbons (Fsp3) is 0.600. The zero-order chi connectivity index (χ0) is 16.7. The Morgan fingerprint density at radius 1 is 1.43 bits per heavy atom. The molecular formula is C15H29FN3O2ReS-. The minimum atomic E-state index is 0. The van der Waals surface area contributed by atoms with Crippen LogP contribution in [0.1, 0.15) is 50.3 Å². The first-order chi connectivity index (χ1) is 10.2. The SMILES string of the molecule is C.CC.CN.COCC1(c2cccc(C=O)n2)CC1.FN[S-].[Re]. The number of ether oxygens (including phenoxy) is 1. The molecule has 1 aromatic heterocycles. The first-order valence-electron chi connectivity index (χ1n) is 6.69. The van der Waals surface area contributed by atoms with Gasteiger partial charge in [0.2, 0.25) is 0 Å². The Morgan fingerprint density at radius 3 is 2.26 bits per heavy atom. The average Bonchev–Trinajstić information content (AvgIpc) is 3.33. The number of aldehydes is 1. The summed E-state index contributed by atoms with van der Waals surface area (Å²) in [5.74, 6) is 0. The average molecular weight is 521 g/mol. The van der Waals surface area contributed by atoms with E-state index in [9.17, 15) is 9.28 Å². The summed E-state index contributed by atoms with van der Waals surface area (Å²) in [5, 5.41) is 0. The molecule has 23 heavy (non-hydrogen) atoms. The molecule has 0 unspecified atom stereocenters. The van der Waals surface area contributed by atoms with Crippen molar-refractivity contribution in [3.63, 3.8) is 0 Å². The molecule has 1 aromatic rings. The number of halogens is 1. The number of hydrogen-bond donors (Lipinski definition) is 2. The van der Waals surface area contributed by atoms with E-state index >= 15 is 0 Å². The van der Waals surface area contributed by atoms with E-state index < -0.39 is 0 Å². The Morgan fingerprint density at radius 2 is 1.91 bits per heavy atom. The van der Waals surface area contributed by atoms with E-state index in [1.54, 1.807) is 13.2 Å². The van der Waals surface area contributed by atoms with Crippen LogP contribution in [0.4, 0.5) is 4.48 Å². The van der Waals surface area contributed by atoms with E-state index in [0.717, 1.165) is 29.8 Å². The van der Waals surface area contributed by atoms with Crippen molar-refractivity contribution in [1.29, 1.82) is 0 Å². The normalized spacial score (nSPS) is 12.1. The molecule has 0 saturated heterocycles. The molecule has 0 spiro atoms. The van der Waals surface area contributed by atoms with Crippen LogP contribution < -0.4 is 10.7 Å². The third-order valence-electron chi connectivity index (χ3n) is 2.71. The summed E-state index contributed by atoms with van der Waals surface area (Å²) < 4.78 is 15.0. The van der Waals surface area contributed by atoms with Crippen molar-refractivity contribution in [2.75, 3.05) is 20.8 Å². The summed E-state index contributed by atoms with van der Waals surface area (Å²) >= 11 is 3.48. The van der Waals surface area contributed by atoms with Gasteiger partial charge in [0.05, 0.1) is 6.61 Å².